The number of hydrogen-bond donors (Lipinski definition) is 0. The van der Waals surface area contributed by atoms with Crippen molar-refractivity contribution >= 4 is 17.1 Å². The average Bonchev–Trinajstić information content (AvgIpc) is 3.18. The molecule has 5 heteroatoms. The van der Waals surface area contributed by atoms with Crippen LogP contribution in [0.2, 0.25) is 0 Å². The molecule has 0 radical (unpaired) electrons. The molecule has 1 saturated heterocycles. The van der Waals surface area contributed by atoms with Crippen molar-refractivity contribution in [1.82, 2.24) is 14.8 Å². The molecule has 0 saturated carbocycles. The number of para-hydroxylation sites is 2. The summed E-state index contributed by atoms with van der Waals surface area (Å²) in [6.07, 6.45) is 6.31. The summed E-state index contributed by atoms with van der Waals surface area (Å²) < 4.78 is 7.93. The number of nitrogens with zero attached hydrogens (tertiary/aromatic N) is 4. The molecule has 4 rings (SSSR count). The lowest BCUT2D eigenvalue weighted by molar-refractivity contribution is 0.479. The predicted octanol–water partition coefficient (Wildman–Crippen LogP) is 3.00. The van der Waals surface area contributed by atoms with Crippen LogP contribution in [0.25, 0.3) is 11.1 Å². The van der Waals surface area contributed by atoms with Crippen LogP contribution in [0.15, 0.2) is 41.1 Å². The molecule has 3 heterocycles. The Balaban J connectivity index is 1.60. The molecular weight excluding hydrogens is 264 g/mol. The molecule has 108 valence electrons. The SMILES string of the molecule is Cc1cnn(C[C@@H]2CCCN2c2nc3ccccc3o2)c1. The maximum absolute atomic E-state index is 5.91. The molecule has 1 aliphatic heterocycles. The molecule has 0 bridgehead atoms. The molecule has 21 heavy (non-hydrogen) atoms. The van der Waals surface area contributed by atoms with Gasteiger partial charge in [-0.1, -0.05) is 12.1 Å². The van der Waals surface area contributed by atoms with Crippen LogP contribution in [0.4, 0.5) is 6.01 Å². The van der Waals surface area contributed by atoms with Gasteiger partial charge in [0.05, 0.1) is 18.8 Å². The van der Waals surface area contributed by atoms with Crippen LogP contribution >= 0.6 is 0 Å². The van der Waals surface area contributed by atoms with E-state index in [1.807, 2.05) is 35.1 Å². The topological polar surface area (TPSA) is 47.1 Å². The van der Waals surface area contributed by atoms with Crippen molar-refractivity contribution in [2.45, 2.75) is 32.4 Å². The second-order valence-electron chi connectivity index (χ2n) is 5.69. The van der Waals surface area contributed by atoms with Crippen LogP contribution in [0.5, 0.6) is 0 Å². The van der Waals surface area contributed by atoms with Crippen molar-refractivity contribution in [3.63, 3.8) is 0 Å². The summed E-state index contributed by atoms with van der Waals surface area (Å²) in [7, 11) is 0. The van der Waals surface area contributed by atoms with Gasteiger partial charge in [-0.25, -0.2) is 0 Å². The Labute approximate surface area is 123 Å². The van der Waals surface area contributed by atoms with E-state index in [0.29, 0.717) is 6.04 Å². The first-order valence-electron chi connectivity index (χ1n) is 7.41. The fourth-order valence-electron chi connectivity index (χ4n) is 3.04. The number of benzene rings is 1. The zero-order chi connectivity index (χ0) is 14.2. The number of fused-ring (bicyclic) bond motifs is 1. The molecule has 1 fully saturated rings. The summed E-state index contributed by atoms with van der Waals surface area (Å²) in [6, 6.07) is 9.06. The quantitative estimate of drug-likeness (QED) is 0.741. The Morgan fingerprint density at radius 2 is 2.24 bits per heavy atom. The summed E-state index contributed by atoms with van der Waals surface area (Å²) in [5.41, 5.74) is 2.97. The van der Waals surface area contributed by atoms with Crippen LogP contribution in [0.3, 0.4) is 0 Å². The standard InChI is InChI=1S/C16H18N4O/c1-12-9-17-19(10-12)11-13-5-4-8-20(13)16-18-14-6-2-3-7-15(14)21-16/h2-3,6-7,9-10,13H,4-5,8,11H2,1H3/t13-/m0/s1. The minimum absolute atomic E-state index is 0.400. The smallest absolute Gasteiger partial charge is 0.298 e. The average molecular weight is 282 g/mol. The van der Waals surface area contributed by atoms with Gasteiger partial charge in [-0.05, 0) is 37.5 Å². The van der Waals surface area contributed by atoms with Gasteiger partial charge >= 0.3 is 0 Å². The van der Waals surface area contributed by atoms with Crippen molar-refractivity contribution in [3.8, 4) is 0 Å². The zero-order valence-electron chi connectivity index (χ0n) is 12.1. The molecule has 1 aromatic carbocycles. The van der Waals surface area contributed by atoms with E-state index in [2.05, 4.69) is 28.1 Å². The Bertz CT molecular complexity index is 727. The molecule has 0 aliphatic carbocycles. The highest BCUT2D eigenvalue weighted by Crippen LogP contribution is 2.28. The first kappa shape index (κ1) is 12.4. The highest BCUT2D eigenvalue weighted by Gasteiger charge is 2.28. The number of aromatic nitrogens is 3. The van der Waals surface area contributed by atoms with E-state index in [1.165, 1.54) is 12.0 Å². The van der Waals surface area contributed by atoms with E-state index in [0.717, 1.165) is 36.6 Å². The maximum atomic E-state index is 5.91. The van der Waals surface area contributed by atoms with Crippen molar-refractivity contribution in [1.29, 1.82) is 0 Å². The second-order valence-corrected chi connectivity index (χ2v) is 5.69. The minimum atomic E-state index is 0.400. The summed E-state index contributed by atoms with van der Waals surface area (Å²) in [5, 5.41) is 4.39. The summed E-state index contributed by atoms with van der Waals surface area (Å²) in [4.78, 5) is 6.90. The van der Waals surface area contributed by atoms with Gasteiger partial charge in [0.2, 0.25) is 0 Å². The Morgan fingerprint density at radius 1 is 1.33 bits per heavy atom. The van der Waals surface area contributed by atoms with Gasteiger partial charge in [-0.2, -0.15) is 10.1 Å². The summed E-state index contributed by atoms with van der Waals surface area (Å²) in [5.74, 6) is 0. The number of rotatable bonds is 3. The molecule has 1 atom stereocenters. The van der Waals surface area contributed by atoms with Gasteiger partial charge in [-0.3, -0.25) is 4.68 Å². The number of oxazole rings is 1. The van der Waals surface area contributed by atoms with Crippen molar-refractivity contribution in [3.05, 3.63) is 42.2 Å². The van der Waals surface area contributed by atoms with Crippen LogP contribution in [0, 0.1) is 6.92 Å². The van der Waals surface area contributed by atoms with Crippen LogP contribution in [-0.4, -0.2) is 27.4 Å². The van der Waals surface area contributed by atoms with Crippen molar-refractivity contribution in [2.75, 3.05) is 11.4 Å². The highest BCUT2D eigenvalue weighted by atomic mass is 16.4. The molecule has 1 aliphatic rings. The lowest BCUT2D eigenvalue weighted by Crippen LogP contribution is -2.33. The lowest BCUT2D eigenvalue weighted by Gasteiger charge is -2.22. The monoisotopic (exact) mass is 282 g/mol. The number of aryl methyl sites for hydroxylation is 1. The zero-order valence-corrected chi connectivity index (χ0v) is 12.1. The normalized spacial score (nSPS) is 18.7. The molecule has 0 N–H and O–H groups in total. The summed E-state index contributed by atoms with van der Waals surface area (Å²) in [6.45, 7) is 3.95. The van der Waals surface area contributed by atoms with Crippen LogP contribution < -0.4 is 4.90 Å². The van der Waals surface area contributed by atoms with Gasteiger partial charge in [-0.15, -0.1) is 0 Å². The Hall–Kier alpha value is -2.30. The van der Waals surface area contributed by atoms with E-state index >= 15 is 0 Å². The third-order valence-corrected chi connectivity index (χ3v) is 4.07. The van der Waals surface area contributed by atoms with Gasteiger partial charge in [0, 0.05) is 12.7 Å². The first-order valence-corrected chi connectivity index (χ1v) is 7.41. The van der Waals surface area contributed by atoms with Gasteiger partial charge in [0.25, 0.3) is 6.01 Å². The molecule has 5 nitrogen and oxygen atoms in total. The molecule has 2 aromatic heterocycles. The predicted molar refractivity (Wildman–Crippen MR) is 81.3 cm³/mol. The van der Waals surface area contributed by atoms with E-state index in [4.69, 9.17) is 4.42 Å². The van der Waals surface area contributed by atoms with Gasteiger partial charge in [0.15, 0.2) is 5.58 Å². The maximum Gasteiger partial charge on any atom is 0.298 e. The van der Waals surface area contributed by atoms with E-state index in [9.17, 15) is 0 Å². The first-order chi connectivity index (χ1) is 10.3. The number of hydrogen-bond acceptors (Lipinski definition) is 4. The Kier molecular flexibility index (Phi) is 2.91. The van der Waals surface area contributed by atoms with Crippen molar-refractivity contribution in [2.24, 2.45) is 0 Å². The fraction of sp³-hybridized carbons (Fsp3) is 0.375. The fourth-order valence-corrected chi connectivity index (χ4v) is 3.04. The lowest BCUT2D eigenvalue weighted by atomic mass is 10.2. The van der Waals surface area contributed by atoms with Crippen LogP contribution in [0.1, 0.15) is 18.4 Å². The van der Waals surface area contributed by atoms with E-state index in [1.54, 1.807) is 0 Å². The van der Waals surface area contributed by atoms with Crippen LogP contribution in [-0.2, 0) is 6.54 Å². The molecule has 3 aromatic rings. The molecular formula is C16H18N4O. The van der Waals surface area contributed by atoms with Gasteiger partial charge < -0.3 is 9.32 Å². The van der Waals surface area contributed by atoms with E-state index in [-0.39, 0.29) is 0 Å². The largest absolute Gasteiger partial charge is 0.423 e. The third-order valence-electron chi connectivity index (χ3n) is 4.07. The molecule has 0 unspecified atom stereocenters. The Morgan fingerprint density at radius 3 is 3.05 bits per heavy atom. The second kappa shape index (κ2) is 4.91. The minimum Gasteiger partial charge on any atom is -0.423 e. The van der Waals surface area contributed by atoms with Crippen molar-refractivity contribution < 1.29 is 4.42 Å². The molecule has 0 amide bonds. The highest BCUT2D eigenvalue weighted by molar-refractivity contribution is 5.74. The third kappa shape index (κ3) is 2.28. The van der Waals surface area contributed by atoms with E-state index < -0.39 is 0 Å². The number of anilines is 1. The summed E-state index contributed by atoms with van der Waals surface area (Å²) >= 11 is 0. The molecule has 0 spiro atoms. The van der Waals surface area contributed by atoms with Gasteiger partial charge in [0.1, 0.15) is 5.52 Å².